The topological polar surface area (TPSA) is 98.3 Å². The molecule has 8 heteroatoms. The fourth-order valence-corrected chi connectivity index (χ4v) is 1.42. The van der Waals surface area contributed by atoms with Gasteiger partial charge in [0, 0.05) is 18.6 Å². The zero-order valence-corrected chi connectivity index (χ0v) is 9.99. The minimum atomic E-state index is -1.29. The lowest BCUT2D eigenvalue weighted by Gasteiger charge is -2.06. The van der Waals surface area contributed by atoms with E-state index >= 15 is 0 Å². The summed E-state index contributed by atoms with van der Waals surface area (Å²) in [5, 5.41) is 12.7. The summed E-state index contributed by atoms with van der Waals surface area (Å²) in [4.78, 5) is 20.9. The van der Waals surface area contributed by atoms with Crippen LogP contribution in [0.5, 0.6) is 0 Å². The van der Waals surface area contributed by atoms with Gasteiger partial charge in [0.1, 0.15) is 5.82 Å². The highest BCUT2D eigenvalue weighted by Gasteiger charge is 2.19. The summed E-state index contributed by atoms with van der Waals surface area (Å²) in [6.45, 7) is 0.434. The van der Waals surface area contributed by atoms with Crippen molar-refractivity contribution >= 4 is 17.3 Å². The number of halogens is 2. The zero-order chi connectivity index (χ0) is 14.4. The number of nitrogens with two attached hydrogens (primary N) is 1. The average Bonchev–Trinajstić information content (AvgIpc) is 2.32. The van der Waals surface area contributed by atoms with Gasteiger partial charge in [-0.15, -0.1) is 0 Å². The van der Waals surface area contributed by atoms with Gasteiger partial charge in [0.2, 0.25) is 11.7 Å². The van der Waals surface area contributed by atoms with Crippen LogP contribution < -0.4 is 11.1 Å². The summed E-state index contributed by atoms with van der Waals surface area (Å²) < 4.78 is 26.4. The molecule has 104 valence electrons. The first kappa shape index (κ1) is 15.0. The van der Waals surface area contributed by atoms with Gasteiger partial charge in [-0.1, -0.05) is 0 Å². The molecule has 6 nitrogen and oxygen atoms in total. The molecule has 0 saturated heterocycles. The number of carbonyl (C=O) groups is 1. The van der Waals surface area contributed by atoms with Crippen molar-refractivity contribution in [3.8, 4) is 0 Å². The van der Waals surface area contributed by atoms with Crippen LogP contribution in [0.15, 0.2) is 12.1 Å². The molecule has 0 atom stereocenters. The van der Waals surface area contributed by atoms with Gasteiger partial charge in [-0.05, 0) is 19.4 Å². The van der Waals surface area contributed by atoms with Crippen LogP contribution in [0.4, 0.5) is 20.2 Å². The van der Waals surface area contributed by atoms with E-state index in [0.717, 1.165) is 0 Å². The fraction of sp³-hybridized carbons (Fsp3) is 0.364. The Labute approximate surface area is 107 Å². The Morgan fingerprint density at radius 2 is 2.00 bits per heavy atom. The summed E-state index contributed by atoms with van der Waals surface area (Å²) >= 11 is 0. The molecule has 0 bridgehead atoms. The second-order valence-electron chi connectivity index (χ2n) is 3.83. The van der Waals surface area contributed by atoms with Crippen LogP contribution in [-0.2, 0) is 4.79 Å². The number of amides is 1. The Kier molecular flexibility index (Phi) is 5.31. The number of hydrogen-bond acceptors (Lipinski definition) is 4. The van der Waals surface area contributed by atoms with Crippen molar-refractivity contribution in [2.24, 2.45) is 5.73 Å². The van der Waals surface area contributed by atoms with Crippen molar-refractivity contribution in [3.05, 3.63) is 33.9 Å². The van der Waals surface area contributed by atoms with Crippen molar-refractivity contribution in [2.45, 2.75) is 19.3 Å². The van der Waals surface area contributed by atoms with Crippen molar-refractivity contribution in [3.63, 3.8) is 0 Å². The molecular formula is C11H13F2N3O3. The highest BCUT2D eigenvalue weighted by molar-refractivity contribution is 5.91. The molecule has 3 N–H and O–H groups in total. The van der Waals surface area contributed by atoms with E-state index in [2.05, 4.69) is 5.32 Å². The Balaban J connectivity index is 2.80. The summed E-state index contributed by atoms with van der Waals surface area (Å²) in [7, 11) is 0. The van der Waals surface area contributed by atoms with Crippen molar-refractivity contribution in [1.82, 2.24) is 0 Å². The first-order chi connectivity index (χ1) is 8.95. The second kappa shape index (κ2) is 6.74. The summed E-state index contributed by atoms with van der Waals surface area (Å²) in [6.07, 6.45) is 1.27. The third-order valence-electron chi connectivity index (χ3n) is 2.37. The molecule has 0 aliphatic heterocycles. The van der Waals surface area contributed by atoms with Crippen LogP contribution in [0.1, 0.15) is 19.3 Å². The number of nitro groups is 1. The second-order valence-corrected chi connectivity index (χ2v) is 3.83. The third-order valence-corrected chi connectivity index (χ3v) is 2.37. The first-order valence-electron chi connectivity index (χ1n) is 5.59. The van der Waals surface area contributed by atoms with Crippen molar-refractivity contribution in [2.75, 3.05) is 11.9 Å². The normalized spacial score (nSPS) is 10.3. The molecule has 0 aromatic heterocycles. The predicted molar refractivity (Wildman–Crippen MR) is 64.5 cm³/mol. The van der Waals surface area contributed by atoms with Crippen LogP contribution in [-0.4, -0.2) is 17.4 Å². The number of hydrogen-bond donors (Lipinski definition) is 2. The number of rotatable bonds is 6. The van der Waals surface area contributed by atoms with E-state index in [9.17, 15) is 23.7 Å². The highest BCUT2D eigenvalue weighted by atomic mass is 19.1. The molecule has 0 fully saturated rings. The zero-order valence-electron chi connectivity index (χ0n) is 9.99. The van der Waals surface area contributed by atoms with E-state index in [1.54, 1.807) is 0 Å². The number of benzene rings is 1. The van der Waals surface area contributed by atoms with E-state index in [-0.39, 0.29) is 6.42 Å². The molecule has 1 aromatic carbocycles. The summed E-state index contributed by atoms with van der Waals surface area (Å²) in [5.41, 5.74) is 3.95. The third kappa shape index (κ3) is 4.25. The summed E-state index contributed by atoms with van der Waals surface area (Å²) in [6, 6.07) is 1.03. The van der Waals surface area contributed by atoms with Crippen LogP contribution in [0, 0.1) is 21.7 Å². The van der Waals surface area contributed by atoms with Crippen molar-refractivity contribution < 1.29 is 18.5 Å². The van der Waals surface area contributed by atoms with E-state index < -0.39 is 33.8 Å². The Hall–Kier alpha value is -2.09. The lowest BCUT2D eigenvalue weighted by molar-refractivity contribution is -0.387. The molecule has 0 radical (unpaired) electrons. The Morgan fingerprint density at radius 3 is 2.58 bits per heavy atom. The van der Waals surface area contributed by atoms with E-state index in [1.807, 2.05) is 0 Å². The Morgan fingerprint density at radius 1 is 1.32 bits per heavy atom. The molecule has 0 saturated carbocycles. The molecule has 0 spiro atoms. The van der Waals surface area contributed by atoms with Crippen LogP contribution in [0.25, 0.3) is 0 Å². The predicted octanol–water partition coefficient (Wildman–Crippen LogP) is 1.94. The maximum Gasteiger partial charge on any atom is 0.307 e. The molecule has 0 aliphatic carbocycles. The number of nitrogens with one attached hydrogen (secondary N) is 1. The highest BCUT2D eigenvalue weighted by Crippen LogP contribution is 2.25. The molecule has 19 heavy (non-hydrogen) atoms. The minimum absolute atomic E-state index is 0.113. The number of unbranched alkanes of at least 4 members (excludes halogenated alkanes) is 1. The average molecular weight is 273 g/mol. The van der Waals surface area contributed by atoms with Gasteiger partial charge in [-0.2, -0.15) is 4.39 Å². The number of nitrogens with zero attached hydrogens (tertiary/aromatic N) is 1. The van der Waals surface area contributed by atoms with E-state index in [4.69, 9.17) is 5.73 Å². The maximum atomic E-state index is 13.3. The smallest absolute Gasteiger partial charge is 0.307 e. The van der Waals surface area contributed by atoms with Crippen LogP contribution >= 0.6 is 0 Å². The number of nitro benzene ring substituents is 1. The van der Waals surface area contributed by atoms with Crippen LogP contribution in [0.2, 0.25) is 0 Å². The Bertz CT molecular complexity index is 494. The lowest BCUT2D eigenvalue weighted by atomic mass is 10.2. The van der Waals surface area contributed by atoms with Gasteiger partial charge in [-0.25, -0.2) is 4.39 Å². The standard InChI is InChI=1S/C11H13F2N3O3/c12-7-5-8(13)10(16(18)19)6-9(7)15-11(17)3-1-2-4-14/h5-6H,1-4,14H2,(H,15,17). The van der Waals surface area contributed by atoms with Gasteiger partial charge in [0.05, 0.1) is 10.6 Å². The first-order valence-corrected chi connectivity index (χ1v) is 5.59. The number of anilines is 1. The molecule has 1 amide bonds. The van der Waals surface area contributed by atoms with Gasteiger partial charge in [-0.3, -0.25) is 14.9 Å². The van der Waals surface area contributed by atoms with Gasteiger partial charge in [0.15, 0.2) is 0 Å². The quantitative estimate of drug-likeness (QED) is 0.470. The SMILES string of the molecule is NCCCCC(=O)Nc1cc([N+](=O)[O-])c(F)cc1F. The lowest BCUT2D eigenvalue weighted by Crippen LogP contribution is -2.13. The molecule has 1 rings (SSSR count). The van der Waals surface area contributed by atoms with Crippen molar-refractivity contribution in [1.29, 1.82) is 0 Å². The van der Waals surface area contributed by atoms with E-state index in [0.29, 0.717) is 31.5 Å². The molecule has 0 heterocycles. The maximum absolute atomic E-state index is 13.3. The largest absolute Gasteiger partial charge is 0.330 e. The van der Waals surface area contributed by atoms with Gasteiger partial charge in [0.25, 0.3) is 0 Å². The molecule has 0 aliphatic rings. The minimum Gasteiger partial charge on any atom is -0.330 e. The molecule has 1 aromatic rings. The van der Waals surface area contributed by atoms with Gasteiger partial charge < -0.3 is 11.1 Å². The molecule has 0 unspecified atom stereocenters. The fourth-order valence-electron chi connectivity index (χ4n) is 1.42. The van der Waals surface area contributed by atoms with Crippen LogP contribution in [0.3, 0.4) is 0 Å². The molecular weight excluding hydrogens is 260 g/mol. The monoisotopic (exact) mass is 273 g/mol. The summed E-state index contributed by atoms with van der Waals surface area (Å²) in [5.74, 6) is -2.85. The number of carbonyl (C=O) groups excluding carboxylic acids is 1. The van der Waals surface area contributed by atoms with Gasteiger partial charge >= 0.3 is 5.69 Å². The van der Waals surface area contributed by atoms with E-state index in [1.165, 1.54) is 0 Å².